The number of Topliss-reactive ketones (excluding diaryl/α,β-unsaturated/α-hetero) is 2. The SMILES string of the molecule is CC(=O)[C@H]1[C@@H](C(=O)c2ccc(F)cc2)[C@]2(C(=O)Nc3ccccc32)[C@@H]2C=Cc3ccccc3N21. The van der Waals surface area contributed by atoms with Crippen molar-refractivity contribution in [2.45, 2.75) is 24.4 Å². The maximum Gasteiger partial charge on any atom is 0.238 e. The van der Waals surface area contributed by atoms with Crippen molar-refractivity contribution in [2.75, 3.05) is 10.2 Å². The number of rotatable bonds is 3. The van der Waals surface area contributed by atoms with E-state index < -0.39 is 29.2 Å². The van der Waals surface area contributed by atoms with Crippen LogP contribution >= 0.6 is 0 Å². The summed E-state index contributed by atoms with van der Waals surface area (Å²) in [5.74, 6) is -2.33. The predicted molar refractivity (Wildman–Crippen MR) is 127 cm³/mol. The molecule has 34 heavy (non-hydrogen) atoms. The fourth-order valence-corrected chi connectivity index (χ4v) is 6.07. The Kier molecular flexibility index (Phi) is 4.36. The summed E-state index contributed by atoms with van der Waals surface area (Å²) in [6.07, 6.45) is 3.88. The number of benzene rings is 3. The molecule has 1 saturated heterocycles. The van der Waals surface area contributed by atoms with Crippen LogP contribution in [0.5, 0.6) is 0 Å². The van der Waals surface area contributed by atoms with Crippen molar-refractivity contribution in [3.8, 4) is 0 Å². The minimum atomic E-state index is -1.32. The normalized spacial score (nSPS) is 26.1. The lowest BCUT2D eigenvalue weighted by molar-refractivity contribution is -0.122. The number of nitrogens with zero attached hydrogens (tertiary/aromatic N) is 1. The highest BCUT2D eigenvalue weighted by atomic mass is 19.1. The zero-order valence-electron chi connectivity index (χ0n) is 18.4. The molecule has 4 atom stereocenters. The number of amides is 1. The van der Waals surface area contributed by atoms with E-state index >= 15 is 0 Å². The summed E-state index contributed by atoms with van der Waals surface area (Å²) in [5.41, 5.74) is 2.01. The maximum absolute atomic E-state index is 14.1. The van der Waals surface area contributed by atoms with E-state index in [9.17, 15) is 18.8 Å². The van der Waals surface area contributed by atoms with E-state index in [0.717, 1.165) is 11.3 Å². The largest absolute Gasteiger partial charge is 0.352 e. The highest BCUT2D eigenvalue weighted by molar-refractivity contribution is 6.16. The molecule has 0 aliphatic carbocycles. The fraction of sp³-hybridized carbons (Fsp3) is 0.179. The highest BCUT2D eigenvalue weighted by Gasteiger charge is 2.69. The summed E-state index contributed by atoms with van der Waals surface area (Å²) in [6, 6.07) is 18.9. The summed E-state index contributed by atoms with van der Waals surface area (Å²) in [6.45, 7) is 1.46. The van der Waals surface area contributed by atoms with Crippen molar-refractivity contribution >= 4 is 34.9 Å². The minimum absolute atomic E-state index is 0.204. The lowest BCUT2D eigenvalue weighted by Crippen LogP contribution is -2.51. The Morgan fingerprint density at radius 2 is 1.68 bits per heavy atom. The summed E-state index contributed by atoms with van der Waals surface area (Å²) in [4.78, 5) is 43.2. The molecule has 0 radical (unpaired) electrons. The summed E-state index contributed by atoms with van der Waals surface area (Å²) < 4.78 is 13.6. The predicted octanol–water partition coefficient (Wildman–Crippen LogP) is 4.39. The van der Waals surface area contributed by atoms with Crippen molar-refractivity contribution < 1.29 is 18.8 Å². The molecular formula is C28H21FN2O3. The lowest BCUT2D eigenvalue weighted by Gasteiger charge is -2.37. The Hall–Kier alpha value is -4.06. The first-order chi connectivity index (χ1) is 16.4. The van der Waals surface area contributed by atoms with Gasteiger partial charge in [0.1, 0.15) is 11.2 Å². The monoisotopic (exact) mass is 452 g/mol. The number of halogens is 1. The van der Waals surface area contributed by atoms with Crippen LogP contribution in [0.1, 0.15) is 28.4 Å². The van der Waals surface area contributed by atoms with E-state index in [2.05, 4.69) is 5.32 Å². The van der Waals surface area contributed by atoms with Crippen molar-refractivity contribution in [2.24, 2.45) is 5.92 Å². The first kappa shape index (κ1) is 20.5. The van der Waals surface area contributed by atoms with Gasteiger partial charge in [0.15, 0.2) is 11.6 Å². The van der Waals surface area contributed by atoms with Crippen LogP contribution in [0.4, 0.5) is 15.8 Å². The van der Waals surface area contributed by atoms with Crippen molar-refractivity contribution in [3.05, 3.63) is 101 Å². The molecule has 3 aliphatic heterocycles. The average molecular weight is 452 g/mol. The van der Waals surface area contributed by atoms with Gasteiger partial charge in [-0.25, -0.2) is 4.39 Å². The number of carbonyl (C=O) groups is 3. The van der Waals surface area contributed by atoms with Crippen LogP contribution < -0.4 is 10.2 Å². The van der Waals surface area contributed by atoms with Gasteiger partial charge in [0.05, 0.1) is 18.0 Å². The van der Waals surface area contributed by atoms with E-state index in [-0.39, 0.29) is 23.0 Å². The lowest BCUT2D eigenvalue weighted by atomic mass is 9.64. The van der Waals surface area contributed by atoms with Gasteiger partial charge in [-0.3, -0.25) is 14.4 Å². The standard InChI is InChI=1S/C28H21FN2O3/c1-16(32)25-24(26(33)18-10-13-19(29)14-11-18)28(20-7-3-4-8-21(20)30-27(28)34)23-15-12-17-6-2-5-9-22(17)31(23)25/h2-15,23-25H,1H3,(H,30,34)/t23-,24-,25-,28+/m0/s1. The third-order valence-corrected chi connectivity index (χ3v) is 7.37. The third kappa shape index (κ3) is 2.56. The van der Waals surface area contributed by atoms with E-state index in [4.69, 9.17) is 0 Å². The van der Waals surface area contributed by atoms with Crippen LogP contribution in [0.15, 0.2) is 78.9 Å². The van der Waals surface area contributed by atoms with Crippen LogP contribution in [0.3, 0.4) is 0 Å². The van der Waals surface area contributed by atoms with Crippen molar-refractivity contribution in [1.29, 1.82) is 0 Å². The molecule has 3 heterocycles. The molecule has 5 nitrogen and oxygen atoms in total. The Labute approximate surface area is 195 Å². The van der Waals surface area contributed by atoms with Crippen LogP contribution in [-0.4, -0.2) is 29.6 Å². The van der Waals surface area contributed by atoms with E-state index in [1.165, 1.54) is 31.2 Å². The van der Waals surface area contributed by atoms with Gasteiger partial charge in [0.2, 0.25) is 5.91 Å². The van der Waals surface area contributed by atoms with Crippen molar-refractivity contribution in [3.63, 3.8) is 0 Å². The second kappa shape index (κ2) is 7.22. The zero-order valence-corrected chi connectivity index (χ0v) is 18.4. The Bertz CT molecular complexity index is 1400. The number of hydrogen-bond acceptors (Lipinski definition) is 4. The number of fused-ring (bicyclic) bond motifs is 6. The zero-order chi connectivity index (χ0) is 23.6. The van der Waals surface area contributed by atoms with Crippen LogP contribution in [-0.2, 0) is 15.0 Å². The van der Waals surface area contributed by atoms with E-state index in [1.807, 2.05) is 65.6 Å². The Balaban J connectivity index is 1.66. The molecule has 1 N–H and O–H groups in total. The highest BCUT2D eigenvalue weighted by Crippen LogP contribution is 2.57. The first-order valence-electron chi connectivity index (χ1n) is 11.2. The maximum atomic E-state index is 14.1. The molecule has 0 saturated carbocycles. The van der Waals surface area contributed by atoms with Crippen LogP contribution in [0, 0.1) is 11.7 Å². The first-order valence-corrected chi connectivity index (χ1v) is 11.2. The van der Waals surface area contributed by atoms with Crippen molar-refractivity contribution in [1.82, 2.24) is 0 Å². The molecular weight excluding hydrogens is 431 g/mol. The average Bonchev–Trinajstić information content (AvgIpc) is 3.32. The van der Waals surface area contributed by atoms with Gasteiger partial charge in [-0.05, 0) is 54.4 Å². The number of para-hydroxylation sites is 2. The topological polar surface area (TPSA) is 66.5 Å². The molecule has 6 heteroatoms. The summed E-state index contributed by atoms with van der Waals surface area (Å²) in [7, 11) is 0. The van der Waals surface area contributed by atoms with Crippen LogP contribution in [0.2, 0.25) is 0 Å². The van der Waals surface area contributed by atoms with Gasteiger partial charge in [-0.1, -0.05) is 48.6 Å². The van der Waals surface area contributed by atoms with Gasteiger partial charge in [0, 0.05) is 16.9 Å². The summed E-state index contributed by atoms with van der Waals surface area (Å²) >= 11 is 0. The number of hydrogen-bond donors (Lipinski definition) is 1. The number of ketones is 2. The molecule has 1 amide bonds. The Morgan fingerprint density at radius 3 is 2.44 bits per heavy atom. The number of anilines is 2. The molecule has 0 bridgehead atoms. The van der Waals surface area contributed by atoms with Gasteiger partial charge in [0.25, 0.3) is 0 Å². The van der Waals surface area contributed by atoms with Gasteiger partial charge in [-0.15, -0.1) is 0 Å². The Morgan fingerprint density at radius 1 is 0.971 bits per heavy atom. The summed E-state index contributed by atoms with van der Waals surface area (Å²) in [5, 5.41) is 2.97. The second-order valence-corrected chi connectivity index (χ2v) is 9.04. The molecule has 1 spiro atoms. The van der Waals surface area contributed by atoms with Crippen LogP contribution in [0.25, 0.3) is 6.08 Å². The van der Waals surface area contributed by atoms with Gasteiger partial charge >= 0.3 is 0 Å². The molecule has 0 aromatic heterocycles. The molecule has 0 unspecified atom stereocenters. The van der Waals surface area contributed by atoms with E-state index in [0.29, 0.717) is 11.3 Å². The molecule has 6 rings (SSSR count). The number of carbonyl (C=O) groups excluding carboxylic acids is 3. The molecule has 3 aromatic carbocycles. The van der Waals surface area contributed by atoms with Gasteiger partial charge in [-0.2, -0.15) is 0 Å². The number of nitrogens with one attached hydrogen (secondary N) is 1. The quantitative estimate of drug-likeness (QED) is 0.599. The molecule has 3 aromatic rings. The molecule has 1 fully saturated rings. The van der Waals surface area contributed by atoms with E-state index in [1.54, 1.807) is 0 Å². The second-order valence-electron chi connectivity index (χ2n) is 9.04. The third-order valence-electron chi connectivity index (χ3n) is 7.37. The molecule has 3 aliphatic rings. The minimum Gasteiger partial charge on any atom is -0.352 e. The molecule has 168 valence electrons. The fourth-order valence-electron chi connectivity index (χ4n) is 6.07. The smallest absolute Gasteiger partial charge is 0.238 e. The van der Waals surface area contributed by atoms with Gasteiger partial charge < -0.3 is 10.2 Å².